The van der Waals surface area contributed by atoms with Crippen LogP contribution in [0.2, 0.25) is 0 Å². The van der Waals surface area contributed by atoms with Gasteiger partial charge in [-0.3, -0.25) is 0 Å². The Morgan fingerprint density at radius 3 is 2.30 bits per heavy atom. The van der Waals surface area contributed by atoms with Crippen molar-refractivity contribution in [3.05, 3.63) is 59.2 Å². The minimum atomic E-state index is 0.609. The molecule has 0 fully saturated rings. The van der Waals surface area contributed by atoms with Gasteiger partial charge in [0, 0.05) is 13.1 Å². The molecule has 120 valence electrons. The van der Waals surface area contributed by atoms with Crippen molar-refractivity contribution in [1.29, 1.82) is 5.26 Å². The number of rotatable bonds is 8. The summed E-state index contributed by atoms with van der Waals surface area (Å²) in [6.45, 7) is 6.59. The summed E-state index contributed by atoms with van der Waals surface area (Å²) in [7, 11) is 0. The van der Waals surface area contributed by atoms with E-state index in [-0.39, 0.29) is 0 Å². The minimum absolute atomic E-state index is 0.609. The highest BCUT2D eigenvalue weighted by atomic mass is 16.5. The van der Waals surface area contributed by atoms with E-state index in [9.17, 15) is 0 Å². The molecule has 0 atom stereocenters. The number of ether oxygens (including phenoxy) is 2. The third-order valence-electron chi connectivity index (χ3n) is 3.32. The predicted molar refractivity (Wildman–Crippen MR) is 90.5 cm³/mol. The fourth-order valence-corrected chi connectivity index (χ4v) is 2.31. The first-order valence-corrected chi connectivity index (χ1v) is 7.85. The lowest BCUT2D eigenvalue weighted by Gasteiger charge is -2.13. The molecule has 2 rings (SSSR count). The standard InChI is InChI=1S/C19H22N2O2/c1-3-22-18-9-8-17(11-19(18)23-4-2)14-21-13-16-7-5-6-15(10-16)12-20/h5-11,21H,3-4,13-14H2,1-2H3. The lowest BCUT2D eigenvalue weighted by atomic mass is 10.1. The molecule has 4 nitrogen and oxygen atoms in total. The van der Waals surface area contributed by atoms with E-state index < -0.39 is 0 Å². The van der Waals surface area contributed by atoms with Crippen LogP contribution in [-0.2, 0) is 13.1 Å². The van der Waals surface area contributed by atoms with E-state index in [1.807, 2.05) is 56.3 Å². The summed E-state index contributed by atoms with van der Waals surface area (Å²) in [5.41, 5.74) is 2.91. The molecule has 0 aliphatic heterocycles. The maximum absolute atomic E-state index is 8.92. The van der Waals surface area contributed by atoms with E-state index in [2.05, 4.69) is 11.4 Å². The molecule has 0 radical (unpaired) electrons. The lowest BCUT2D eigenvalue weighted by Crippen LogP contribution is -2.13. The van der Waals surface area contributed by atoms with Gasteiger partial charge in [-0.05, 0) is 49.2 Å². The molecule has 0 aliphatic rings. The second kappa shape index (κ2) is 8.82. The van der Waals surface area contributed by atoms with Gasteiger partial charge in [0.1, 0.15) is 0 Å². The second-order valence-corrected chi connectivity index (χ2v) is 5.06. The van der Waals surface area contributed by atoms with Gasteiger partial charge >= 0.3 is 0 Å². The third kappa shape index (κ3) is 5.01. The molecule has 0 heterocycles. The van der Waals surface area contributed by atoms with Gasteiger partial charge in [-0.15, -0.1) is 0 Å². The van der Waals surface area contributed by atoms with Crippen LogP contribution in [0.3, 0.4) is 0 Å². The van der Waals surface area contributed by atoms with Crippen LogP contribution in [0.15, 0.2) is 42.5 Å². The molecule has 0 unspecified atom stereocenters. The smallest absolute Gasteiger partial charge is 0.161 e. The summed E-state index contributed by atoms with van der Waals surface area (Å²) >= 11 is 0. The van der Waals surface area contributed by atoms with Crippen LogP contribution in [0.5, 0.6) is 11.5 Å². The maximum atomic E-state index is 8.92. The number of nitrogens with zero attached hydrogens (tertiary/aromatic N) is 1. The predicted octanol–water partition coefficient (Wildman–Crippen LogP) is 3.65. The van der Waals surface area contributed by atoms with Crippen LogP contribution in [0.1, 0.15) is 30.5 Å². The molecule has 0 aliphatic carbocycles. The molecule has 0 spiro atoms. The van der Waals surface area contributed by atoms with E-state index in [1.54, 1.807) is 0 Å². The summed E-state index contributed by atoms with van der Waals surface area (Å²) in [5.74, 6) is 1.56. The first kappa shape index (κ1) is 16.9. The Bertz CT molecular complexity index is 677. The summed E-state index contributed by atoms with van der Waals surface area (Å²) in [4.78, 5) is 0. The molecular weight excluding hydrogens is 288 g/mol. The molecular formula is C19H22N2O2. The molecule has 0 saturated carbocycles. The molecule has 4 heteroatoms. The highest BCUT2D eigenvalue weighted by Gasteiger charge is 2.06. The minimum Gasteiger partial charge on any atom is -0.490 e. The fraction of sp³-hybridized carbons (Fsp3) is 0.316. The average Bonchev–Trinajstić information content (AvgIpc) is 2.58. The molecule has 0 amide bonds. The van der Waals surface area contributed by atoms with Crippen molar-refractivity contribution in [2.24, 2.45) is 0 Å². The average molecular weight is 310 g/mol. The van der Waals surface area contributed by atoms with Crippen LogP contribution < -0.4 is 14.8 Å². The number of hydrogen-bond donors (Lipinski definition) is 1. The monoisotopic (exact) mass is 310 g/mol. The highest BCUT2D eigenvalue weighted by molar-refractivity contribution is 5.43. The largest absolute Gasteiger partial charge is 0.490 e. The van der Waals surface area contributed by atoms with E-state index in [0.717, 1.165) is 29.2 Å². The van der Waals surface area contributed by atoms with Crippen molar-refractivity contribution in [1.82, 2.24) is 5.32 Å². The summed E-state index contributed by atoms with van der Waals surface area (Å²) < 4.78 is 11.2. The van der Waals surface area contributed by atoms with Gasteiger partial charge < -0.3 is 14.8 Å². The number of nitriles is 1. The van der Waals surface area contributed by atoms with E-state index >= 15 is 0 Å². The Kier molecular flexibility index (Phi) is 6.46. The van der Waals surface area contributed by atoms with Crippen LogP contribution in [0, 0.1) is 11.3 Å². The molecule has 0 aromatic heterocycles. The Labute approximate surface area is 137 Å². The van der Waals surface area contributed by atoms with Crippen LogP contribution in [0.4, 0.5) is 0 Å². The third-order valence-corrected chi connectivity index (χ3v) is 3.32. The van der Waals surface area contributed by atoms with Crippen LogP contribution in [-0.4, -0.2) is 13.2 Å². The maximum Gasteiger partial charge on any atom is 0.161 e. The first-order chi connectivity index (χ1) is 11.3. The van der Waals surface area contributed by atoms with Crippen molar-refractivity contribution in [2.45, 2.75) is 26.9 Å². The van der Waals surface area contributed by atoms with Gasteiger partial charge in [0.2, 0.25) is 0 Å². The normalized spacial score (nSPS) is 10.1. The zero-order valence-corrected chi connectivity index (χ0v) is 13.6. The molecule has 23 heavy (non-hydrogen) atoms. The lowest BCUT2D eigenvalue weighted by molar-refractivity contribution is 0.287. The van der Waals surface area contributed by atoms with Crippen molar-refractivity contribution in [3.8, 4) is 17.6 Å². The van der Waals surface area contributed by atoms with Crippen molar-refractivity contribution < 1.29 is 9.47 Å². The molecule has 0 bridgehead atoms. The second-order valence-electron chi connectivity index (χ2n) is 5.06. The number of nitrogens with one attached hydrogen (secondary N) is 1. The quantitative estimate of drug-likeness (QED) is 0.808. The Morgan fingerprint density at radius 1 is 0.913 bits per heavy atom. The SMILES string of the molecule is CCOc1ccc(CNCc2cccc(C#N)c2)cc1OCC. The Morgan fingerprint density at radius 2 is 1.61 bits per heavy atom. The van der Waals surface area contributed by atoms with Gasteiger partial charge in [-0.2, -0.15) is 5.26 Å². The summed E-state index contributed by atoms with van der Waals surface area (Å²) in [6.07, 6.45) is 0. The Balaban J connectivity index is 1.97. The van der Waals surface area contributed by atoms with Crippen molar-refractivity contribution in [3.63, 3.8) is 0 Å². The molecule has 2 aromatic rings. The van der Waals surface area contributed by atoms with Gasteiger partial charge in [-0.25, -0.2) is 0 Å². The summed E-state index contributed by atoms with van der Waals surface area (Å²) in [5, 5.41) is 12.3. The van der Waals surface area contributed by atoms with Crippen molar-refractivity contribution in [2.75, 3.05) is 13.2 Å². The van der Waals surface area contributed by atoms with Gasteiger partial charge in [0.25, 0.3) is 0 Å². The molecule has 1 N–H and O–H groups in total. The fourth-order valence-electron chi connectivity index (χ4n) is 2.31. The van der Waals surface area contributed by atoms with Crippen LogP contribution in [0.25, 0.3) is 0 Å². The number of hydrogen-bond acceptors (Lipinski definition) is 4. The Hall–Kier alpha value is -2.51. The van der Waals surface area contributed by atoms with Crippen molar-refractivity contribution >= 4 is 0 Å². The van der Waals surface area contributed by atoms with Gasteiger partial charge in [0.05, 0.1) is 24.8 Å². The zero-order valence-electron chi connectivity index (χ0n) is 13.6. The highest BCUT2D eigenvalue weighted by Crippen LogP contribution is 2.28. The van der Waals surface area contributed by atoms with Crippen LogP contribution >= 0.6 is 0 Å². The van der Waals surface area contributed by atoms with Gasteiger partial charge in [0.15, 0.2) is 11.5 Å². The molecule has 2 aromatic carbocycles. The molecule has 0 saturated heterocycles. The first-order valence-electron chi connectivity index (χ1n) is 7.85. The zero-order chi connectivity index (χ0) is 16.5. The summed E-state index contributed by atoms with van der Waals surface area (Å²) in [6, 6.07) is 15.8. The van der Waals surface area contributed by atoms with E-state index in [0.29, 0.717) is 25.3 Å². The van der Waals surface area contributed by atoms with Gasteiger partial charge in [-0.1, -0.05) is 18.2 Å². The topological polar surface area (TPSA) is 54.3 Å². The van der Waals surface area contributed by atoms with E-state index in [4.69, 9.17) is 14.7 Å². The number of benzene rings is 2. The van der Waals surface area contributed by atoms with E-state index in [1.165, 1.54) is 0 Å².